The van der Waals surface area contributed by atoms with E-state index < -0.39 is 6.61 Å². The average Bonchev–Trinajstić information content (AvgIpc) is 2.37. The van der Waals surface area contributed by atoms with E-state index in [4.69, 9.17) is 5.11 Å². The fourth-order valence-electron chi connectivity index (χ4n) is 1.75. The van der Waals surface area contributed by atoms with Crippen molar-refractivity contribution in [3.63, 3.8) is 0 Å². The fourth-order valence-corrected chi connectivity index (χ4v) is 1.75. The van der Waals surface area contributed by atoms with Crippen molar-refractivity contribution in [2.75, 3.05) is 13.2 Å². The minimum atomic E-state index is -2.78. The Kier molecular flexibility index (Phi) is 7.36. The molecule has 0 aliphatic heterocycles. The van der Waals surface area contributed by atoms with E-state index in [1.54, 1.807) is 24.3 Å². The number of aliphatic hydroxyl groups excluding tert-OH is 1. The zero-order valence-corrected chi connectivity index (χ0v) is 11.1. The van der Waals surface area contributed by atoms with Gasteiger partial charge < -0.3 is 15.2 Å². The number of hydrogen-bond donors (Lipinski definition) is 2. The van der Waals surface area contributed by atoms with E-state index in [-0.39, 0.29) is 12.4 Å². The predicted molar refractivity (Wildman–Crippen MR) is 70.6 cm³/mol. The van der Waals surface area contributed by atoms with Crippen LogP contribution < -0.4 is 10.1 Å². The second-order valence-corrected chi connectivity index (χ2v) is 4.49. The van der Waals surface area contributed by atoms with Crippen LogP contribution in [0, 0.1) is 0 Å². The van der Waals surface area contributed by atoms with Crippen molar-refractivity contribution < 1.29 is 18.6 Å². The SMILES string of the molecule is CC(CCc1ccc(OC(F)F)cc1)NCCCO. The molecule has 108 valence electrons. The lowest BCUT2D eigenvalue weighted by Crippen LogP contribution is -2.27. The van der Waals surface area contributed by atoms with Crippen LogP contribution in [0.15, 0.2) is 24.3 Å². The van der Waals surface area contributed by atoms with Crippen molar-refractivity contribution in [2.45, 2.75) is 38.8 Å². The molecule has 3 nitrogen and oxygen atoms in total. The topological polar surface area (TPSA) is 41.5 Å². The first-order valence-electron chi connectivity index (χ1n) is 6.50. The summed E-state index contributed by atoms with van der Waals surface area (Å²) in [5.74, 6) is 0.188. The lowest BCUT2D eigenvalue weighted by atomic mass is 10.1. The number of hydrogen-bond acceptors (Lipinski definition) is 3. The fraction of sp³-hybridized carbons (Fsp3) is 0.571. The minimum absolute atomic E-state index is 0.188. The van der Waals surface area contributed by atoms with E-state index in [0.29, 0.717) is 6.04 Å². The Morgan fingerprint density at radius 2 is 1.95 bits per heavy atom. The highest BCUT2D eigenvalue weighted by Crippen LogP contribution is 2.16. The zero-order valence-electron chi connectivity index (χ0n) is 11.1. The molecule has 1 aromatic rings. The molecule has 0 radical (unpaired) electrons. The van der Waals surface area contributed by atoms with Gasteiger partial charge in [0.2, 0.25) is 0 Å². The van der Waals surface area contributed by atoms with Gasteiger partial charge in [-0.3, -0.25) is 0 Å². The molecule has 0 spiro atoms. The summed E-state index contributed by atoms with van der Waals surface area (Å²) < 4.78 is 28.2. The Morgan fingerprint density at radius 1 is 1.26 bits per heavy atom. The number of halogens is 2. The van der Waals surface area contributed by atoms with Crippen LogP contribution in [0.25, 0.3) is 0 Å². The van der Waals surface area contributed by atoms with Crippen molar-refractivity contribution in [2.24, 2.45) is 0 Å². The second-order valence-electron chi connectivity index (χ2n) is 4.49. The largest absolute Gasteiger partial charge is 0.435 e. The Balaban J connectivity index is 2.29. The quantitative estimate of drug-likeness (QED) is 0.679. The Bertz CT molecular complexity index is 344. The molecule has 5 heteroatoms. The molecule has 0 aliphatic carbocycles. The first kappa shape index (κ1) is 15.9. The van der Waals surface area contributed by atoms with E-state index in [1.807, 2.05) is 0 Å². The van der Waals surface area contributed by atoms with Crippen LogP contribution in [-0.4, -0.2) is 30.9 Å². The highest BCUT2D eigenvalue weighted by atomic mass is 19.3. The Hall–Kier alpha value is -1.20. The summed E-state index contributed by atoms with van der Waals surface area (Å²) in [6, 6.07) is 7.09. The standard InChI is InChI=1S/C14H21F2NO2/c1-11(17-9-2-10-18)3-4-12-5-7-13(8-6-12)19-14(15)16/h5-8,11,14,17-18H,2-4,9-10H2,1H3. The molecular weight excluding hydrogens is 252 g/mol. The average molecular weight is 273 g/mol. The van der Waals surface area contributed by atoms with Crippen LogP contribution >= 0.6 is 0 Å². The van der Waals surface area contributed by atoms with Gasteiger partial charge in [-0.1, -0.05) is 12.1 Å². The Morgan fingerprint density at radius 3 is 2.53 bits per heavy atom. The monoisotopic (exact) mass is 273 g/mol. The third kappa shape index (κ3) is 7.08. The second kappa shape index (κ2) is 8.82. The van der Waals surface area contributed by atoms with Gasteiger partial charge in [-0.25, -0.2) is 0 Å². The summed E-state index contributed by atoms with van der Waals surface area (Å²) in [7, 11) is 0. The van der Waals surface area contributed by atoms with Crippen LogP contribution in [0.4, 0.5) is 8.78 Å². The lowest BCUT2D eigenvalue weighted by Gasteiger charge is -2.13. The van der Waals surface area contributed by atoms with Gasteiger partial charge >= 0.3 is 6.61 Å². The van der Waals surface area contributed by atoms with Gasteiger partial charge in [-0.15, -0.1) is 0 Å². The van der Waals surface area contributed by atoms with Crippen LogP contribution in [-0.2, 0) is 6.42 Å². The highest BCUT2D eigenvalue weighted by molar-refractivity contribution is 5.27. The molecule has 0 fully saturated rings. The summed E-state index contributed by atoms with van der Waals surface area (Å²) in [5, 5.41) is 12.0. The van der Waals surface area contributed by atoms with Crippen molar-refractivity contribution in [3.8, 4) is 5.75 Å². The van der Waals surface area contributed by atoms with E-state index >= 15 is 0 Å². The minimum Gasteiger partial charge on any atom is -0.435 e. The molecule has 0 saturated heterocycles. The van der Waals surface area contributed by atoms with Gasteiger partial charge in [0, 0.05) is 12.6 Å². The number of aliphatic hydroxyl groups is 1. The third-order valence-corrected chi connectivity index (χ3v) is 2.84. The summed E-state index contributed by atoms with van der Waals surface area (Å²) in [6.45, 7) is 0.317. The molecule has 1 unspecified atom stereocenters. The van der Waals surface area contributed by atoms with Gasteiger partial charge in [0.05, 0.1) is 0 Å². The van der Waals surface area contributed by atoms with E-state index in [2.05, 4.69) is 17.0 Å². The maximum absolute atomic E-state index is 12.0. The molecule has 0 aliphatic rings. The van der Waals surface area contributed by atoms with Crippen LogP contribution in [0.1, 0.15) is 25.3 Å². The predicted octanol–water partition coefficient (Wildman–Crippen LogP) is 2.58. The van der Waals surface area contributed by atoms with Gasteiger partial charge in [0.15, 0.2) is 0 Å². The van der Waals surface area contributed by atoms with E-state index in [9.17, 15) is 8.78 Å². The normalized spacial score (nSPS) is 12.7. The number of rotatable bonds is 9. The number of benzene rings is 1. The highest BCUT2D eigenvalue weighted by Gasteiger charge is 2.05. The molecule has 19 heavy (non-hydrogen) atoms. The molecule has 0 amide bonds. The smallest absolute Gasteiger partial charge is 0.387 e. The molecule has 2 N–H and O–H groups in total. The molecule has 0 aromatic heterocycles. The zero-order chi connectivity index (χ0) is 14.1. The molecule has 0 heterocycles. The molecule has 0 bridgehead atoms. The number of aryl methyl sites for hydroxylation is 1. The van der Waals surface area contributed by atoms with Crippen molar-refractivity contribution >= 4 is 0 Å². The first-order valence-corrected chi connectivity index (χ1v) is 6.50. The van der Waals surface area contributed by atoms with Crippen molar-refractivity contribution in [1.29, 1.82) is 0 Å². The van der Waals surface area contributed by atoms with Crippen LogP contribution in [0.2, 0.25) is 0 Å². The number of ether oxygens (including phenoxy) is 1. The summed E-state index contributed by atoms with van der Waals surface area (Å²) >= 11 is 0. The Labute approximate surface area is 112 Å². The van der Waals surface area contributed by atoms with Crippen molar-refractivity contribution in [3.05, 3.63) is 29.8 Å². The maximum atomic E-state index is 12.0. The number of nitrogens with one attached hydrogen (secondary N) is 1. The lowest BCUT2D eigenvalue weighted by molar-refractivity contribution is -0.0498. The number of alkyl halides is 2. The first-order chi connectivity index (χ1) is 9.11. The molecule has 1 rings (SSSR count). The summed E-state index contributed by atoms with van der Waals surface area (Å²) in [5.41, 5.74) is 1.09. The van der Waals surface area contributed by atoms with Crippen LogP contribution in [0.3, 0.4) is 0 Å². The maximum Gasteiger partial charge on any atom is 0.387 e. The molecule has 1 aromatic carbocycles. The van der Waals surface area contributed by atoms with Crippen molar-refractivity contribution in [1.82, 2.24) is 5.32 Å². The van der Waals surface area contributed by atoms with Gasteiger partial charge in [-0.2, -0.15) is 8.78 Å². The van der Waals surface area contributed by atoms with E-state index in [1.165, 1.54) is 0 Å². The molecule has 1 atom stereocenters. The third-order valence-electron chi connectivity index (χ3n) is 2.84. The van der Waals surface area contributed by atoms with E-state index in [0.717, 1.165) is 31.4 Å². The molecule has 0 saturated carbocycles. The summed E-state index contributed by atoms with van der Waals surface area (Å²) in [6.07, 6.45) is 2.59. The van der Waals surface area contributed by atoms with Crippen LogP contribution in [0.5, 0.6) is 5.75 Å². The van der Waals surface area contributed by atoms with Gasteiger partial charge in [0.1, 0.15) is 5.75 Å². The van der Waals surface area contributed by atoms with Gasteiger partial charge in [-0.05, 0) is 50.4 Å². The van der Waals surface area contributed by atoms with Gasteiger partial charge in [0.25, 0.3) is 0 Å². The summed E-state index contributed by atoms with van der Waals surface area (Å²) in [4.78, 5) is 0. The molecular formula is C14H21F2NO2.